The smallest absolute Gasteiger partial charge is 0.251 e. The summed E-state index contributed by atoms with van der Waals surface area (Å²) in [6.45, 7) is 11.1. The highest BCUT2D eigenvalue weighted by atomic mass is 16.5. The Balaban J connectivity index is 1.43. The number of nitrogens with one attached hydrogen (secondary N) is 2. The molecule has 200 valence electrons. The molecule has 2 aromatic rings. The fraction of sp³-hybridized carbons (Fsp3) is 0.536. The van der Waals surface area contributed by atoms with Crippen molar-refractivity contribution in [1.29, 1.82) is 0 Å². The monoisotopic (exact) mass is 508 g/mol. The number of anilines is 2. The number of rotatable bonds is 14. The number of nitrogens with zero attached hydrogens (tertiary/aromatic N) is 4. The summed E-state index contributed by atoms with van der Waals surface area (Å²) in [5, 5.41) is 7.43. The van der Waals surface area contributed by atoms with Gasteiger partial charge in [0.25, 0.3) is 5.91 Å². The van der Waals surface area contributed by atoms with Gasteiger partial charge in [-0.05, 0) is 43.4 Å². The van der Waals surface area contributed by atoms with E-state index in [-0.39, 0.29) is 5.91 Å². The van der Waals surface area contributed by atoms with Crippen molar-refractivity contribution < 1.29 is 14.3 Å². The highest BCUT2D eigenvalue weighted by Crippen LogP contribution is 2.25. The maximum absolute atomic E-state index is 12.4. The third-order valence-electron chi connectivity index (χ3n) is 6.35. The van der Waals surface area contributed by atoms with Crippen molar-refractivity contribution in [3.05, 3.63) is 47.5 Å². The highest BCUT2D eigenvalue weighted by Gasteiger charge is 2.23. The van der Waals surface area contributed by atoms with Gasteiger partial charge in [0.1, 0.15) is 6.61 Å². The van der Waals surface area contributed by atoms with Crippen LogP contribution in [0.2, 0.25) is 0 Å². The van der Waals surface area contributed by atoms with Crippen molar-refractivity contribution in [1.82, 2.24) is 15.2 Å². The molecule has 37 heavy (non-hydrogen) atoms. The van der Waals surface area contributed by atoms with Crippen LogP contribution in [-0.4, -0.2) is 80.6 Å². The maximum Gasteiger partial charge on any atom is 0.251 e. The first kappa shape index (κ1) is 26.9. The maximum atomic E-state index is 12.4. The van der Waals surface area contributed by atoms with Crippen molar-refractivity contribution in [3.8, 4) is 5.88 Å². The van der Waals surface area contributed by atoms with E-state index in [2.05, 4.69) is 44.5 Å². The fourth-order valence-electron chi connectivity index (χ4n) is 4.25. The molecule has 1 aliphatic heterocycles. The molecule has 9 nitrogen and oxygen atoms in total. The van der Waals surface area contributed by atoms with Gasteiger partial charge in [0.15, 0.2) is 5.82 Å². The van der Waals surface area contributed by atoms with Crippen LogP contribution in [0.25, 0.3) is 0 Å². The van der Waals surface area contributed by atoms with Gasteiger partial charge in [0.05, 0.1) is 19.4 Å². The predicted molar refractivity (Wildman–Crippen MR) is 148 cm³/mol. The molecule has 2 heterocycles. The molecule has 1 saturated heterocycles. The number of aromatic nitrogens is 1. The van der Waals surface area contributed by atoms with Crippen LogP contribution >= 0.6 is 0 Å². The molecule has 0 bridgehead atoms. The van der Waals surface area contributed by atoms with Crippen LogP contribution in [0.1, 0.15) is 55.5 Å². The average Bonchev–Trinajstić information content (AvgIpc) is 3.73. The molecule has 0 unspecified atom stereocenters. The molecular formula is C28H40N6O3. The Morgan fingerprint density at radius 1 is 1.19 bits per heavy atom. The normalized spacial score (nSPS) is 16.1. The Morgan fingerprint density at radius 2 is 1.97 bits per heavy atom. The number of pyridine rings is 1. The Bertz CT molecular complexity index is 1030. The molecule has 1 aliphatic carbocycles. The molecule has 1 saturated carbocycles. The number of benzene rings is 1. The Labute approximate surface area is 220 Å². The summed E-state index contributed by atoms with van der Waals surface area (Å²) in [6, 6.07) is 11.8. The zero-order chi connectivity index (χ0) is 25.9. The second kappa shape index (κ2) is 13.9. The summed E-state index contributed by atoms with van der Waals surface area (Å²) >= 11 is 0. The van der Waals surface area contributed by atoms with Crippen molar-refractivity contribution in [3.63, 3.8) is 0 Å². The third-order valence-corrected chi connectivity index (χ3v) is 6.35. The Hall–Kier alpha value is -3.17. The van der Waals surface area contributed by atoms with E-state index in [0.29, 0.717) is 29.9 Å². The quantitative estimate of drug-likeness (QED) is 0.297. The molecule has 9 heteroatoms. The third kappa shape index (κ3) is 8.72. The highest BCUT2D eigenvalue weighted by molar-refractivity contribution is 5.96. The molecule has 2 aliphatic rings. The lowest BCUT2D eigenvalue weighted by atomic mass is 10.1. The van der Waals surface area contributed by atoms with Crippen LogP contribution in [0.15, 0.2) is 41.5 Å². The minimum Gasteiger partial charge on any atom is -0.476 e. The van der Waals surface area contributed by atoms with E-state index in [0.717, 1.165) is 82.9 Å². The van der Waals surface area contributed by atoms with E-state index < -0.39 is 0 Å². The number of ether oxygens (including phenoxy) is 2. The van der Waals surface area contributed by atoms with Crippen molar-refractivity contribution in [2.24, 2.45) is 5.10 Å². The minimum absolute atomic E-state index is 0.0362. The van der Waals surface area contributed by atoms with Crippen LogP contribution in [0, 0.1) is 0 Å². The van der Waals surface area contributed by atoms with Crippen LogP contribution in [0.5, 0.6) is 5.88 Å². The summed E-state index contributed by atoms with van der Waals surface area (Å²) < 4.78 is 11.5. The van der Waals surface area contributed by atoms with Crippen molar-refractivity contribution >= 4 is 23.6 Å². The Kier molecular flexibility index (Phi) is 10.1. The van der Waals surface area contributed by atoms with Gasteiger partial charge in [-0.25, -0.2) is 0 Å². The van der Waals surface area contributed by atoms with E-state index >= 15 is 0 Å². The first-order valence-corrected chi connectivity index (χ1v) is 13.5. The van der Waals surface area contributed by atoms with E-state index in [1.807, 2.05) is 36.4 Å². The van der Waals surface area contributed by atoms with Gasteiger partial charge in [0.2, 0.25) is 5.88 Å². The standard InChI is InChI=1S/C28H40N6O3/c1-3-10-34(11-4-2)25-19-26(31-27(20-25)37-17-14-33-12-15-36-16-13-33)32-29-21-22-6-5-7-23(18-22)28(35)30-24-8-9-24/h5-7,18-21,24H,3-4,8-17H2,1-2H3,(H,30,35)(H,31,32)/b29-21+. The largest absolute Gasteiger partial charge is 0.476 e. The van der Waals surface area contributed by atoms with Gasteiger partial charge < -0.3 is 19.7 Å². The van der Waals surface area contributed by atoms with Gasteiger partial charge in [-0.1, -0.05) is 26.0 Å². The van der Waals surface area contributed by atoms with Crippen LogP contribution in [0.4, 0.5) is 11.5 Å². The summed E-state index contributed by atoms with van der Waals surface area (Å²) in [7, 11) is 0. The zero-order valence-corrected chi connectivity index (χ0v) is 22.1. The second-order valence-corrected chi connectivity index (χ2v) is 9.58. The van der Waals surface area contributed by atoms with Crippen LogP contribution in [0.3, 0.4) is 0 Å². The lowest BCUT2D eigenvalue weighted by Gasteiger charge is -2.26. The van der Waals surface area contributed by atoms with E-state index in [1.165, 1.54) is 0 Å². The molecule has 1 aromatic carbocycles. The van der Waals surface area contributed by atoms with Gasteiger partial charge in [-0.2, -0.15) is 10.1 Å². The number of carbonyl (C=O) groups is 1. The number of morpholine rings is 1. The number of hydrazone groups is 1. The van der Waals surface area contributed by atoms with Crippen molar-refractivity contribution in [2.75, 3.05) is 62.9 Å². The summed E-state index contributed by atoms with van der Waals surface area (Å²) in [6.07, 6.45) is 5.95. The van der Waals surface area contributed by atoms with Crippen molar-refractivity contribution in [2.45, 2.75) is 45.6 Å². The first-order chi connectivity index (χ1) is 18.1. The minimum atomic E-state index is -0.0362. The number of amides is 1. The number of hydrogen-bond acceptors (Lipinski definition) is 8. The van der Waals surface area contributed by atoms with Gasteiger partial charge >= 0.3 is 0 Å². The first-order valence-electron chi connectivity index (χ1n) is 13.5. The molecule has 0 radical (unpaired) electrons. The van der Waals surface area contributed by atoms with Gasteiger partial charge in [-0.15, -0.1) is 0 Å². The lowest BCUT2D eigenvalue weighted by molar-refractivity contribution is 0.0320. The van der Waals surface area contributed by atoms with Gasteiger partial charge in [-0.3, -0.25) is 15.1 Å². The molecule has 1 aromatic heterocycles. The van der Waals surface area contributed by atoms with Crippen LogP contribution in [-0.2, 0) is 4.74 Å². The van der Waals surface area contributed by atoms with E-state index in [4.69, 9.17) is 9.47 Å². The second-order valence-electron chi connectivity index (χ2n) is 9.58. The van der Waals surface area contributed by atoms with E-state index in [9.17, 15) is 4.79 Å². The SMILES string of the molecule is CCCN(CCC)c1cc(N/N=C/c2cccc(C(=O)NC3CC3)c2)nc(OCCN2CCOCC2)c1. The summed E-state index contributed by atoms with van der Waals surface area (Å²) in [5.41, 5.74) is 5.62. The molecule has 0 spiro atoms. The average molecular weight is 509 g/mol. The molecule has 2 fully saturated rings. The zero-order valence-electron chi connectivity index (χ0n) is 22.1. The molecule has 1 amide bonds. The lowest BCUT2D eigenvalue weighted by Crippen LogP contribution is -2.38. The van der Waals surface area contributed by atoms with Gasteiger partial charge in [0, 0.05) is 62.1 Å². The predicted octanol–water partition coefficient (Wildman–Crippen LogP) is 3.76. The molecule has 4 rings (SSSR count). The molecular weight excluding hydrogens is 468 g/mol. The summed E-state index contributed by atoms with van der Waals surface area (Å²) in [5.74, 6) is 1.17. The molecule has 2 N–H and O–H groups in total. The Morgan fingerprint density at radius 3 is 2.70 bits per heavy atom. The number of carbonyl (C=O) groups excluding carboxylic acids is 1. The fourth-order valence-corrected chi connectivity index (χ4v) is 4.25. The topological polar surface area (TPSA) is 91.3 Å². The number of hydrogen-bond donors (Lipinski definition) is 2. The summed E-state index contributed by atoms with van der Waals surface area (Å²) in [4.78, 5) is 21.7. The van der Waals surface area contributed by atoms with E-state index in [1.54, 1.807) is 6.21 Å². The molecule has 0 atom stereocenters. The van der Waals surface area contributed by atoms with Crippen LogP contribution < -0.4 is 20.4 Å².